The summed E-state index contributed by atoms with van der Waals surface area (Å²) in [6.07, 6.45) is 1.78. The Labute approximate surface area is 152 Å². The van der Waals surface area contributed by atoms with Crippen LogP contribution in [0.2, 0.25) is 0 Å². The van der Waals surface area contributed by atoms with Gasteiger partial charge in [-0.05, 0) is 40.8 Å². The van der Waals surface area contributed by atoms with Crippen LogP contribution in [0.1, 0.15) is 0 Å². The molecule has 0 amide bonds. The Morgan fingerprint density at radius 2 is 1.96 bits per heavy atom. The number of ether oxygens (including phenoxy) is 1. The molecule has 0 aliphatic rings. The molecular weight excluding hydrogens is 324 g/mol. The maximum absolute atomic E-state index is 8.96. The molecule has 0 aliphatic heterocycles. The second kappa shape index (κ2) is 7.58. The van der Waals surface area contributed by atoms with Crippen molar-refractivity contribution in [1.29, 1.82) is 5.26 Å². The number of fused-ring (bicyclic) bond motifs is 1. The van der Waals surface area contributed by atoms with Crippen molar-refractivity contribution in [2.24, 2.45) is 0 Å². The van der Waals surface area contributed by atoms with Gasteiger partial charge in [-0.3, -0.25) is 0 Å². The van der Waals surface area contributed by atoms with Gasteiger partial charge >= 0.3 is 0 Å². The van der Waals surface area contributed by atoms with E-state index in [0.717, 1.165) is 39.2 Å². The van der Waals surface area contributed by atoms with E-state index < -0.39 is 0 Å². The number of rotatable bonds is 6. The van der Waals surface area contributed by atoms with E-state index in [4.69, 9.17) is 10.00 Å². The van der Waals surface area contributed by atoms with E-state index in [2.05, 4.69) is 46.5 Å². The lowest BCUT2D eigenvalue weighted by molar-refractivity contribution is 0.417. The highest BCUT2D eigenvalue weighted by molar-refractivity contribution is 5.99. The molecule has 2 aromatic carbocycles. The monoisotopic (exact) mass is 344 g/mol. The van der Waals surface area contributed by atoms with Gasteiger partial charge in [0.15, 0.2) is 0 Å². The number of aromatic nitrogens is 1. The number of anilines is 2. The van der Waals surface area contributed by atoms with Crippen LogP contribution in [0.5, 0.6) is 5.75 Å². The molecule has 0 unspecified atom stereocenters. The number of hydrogen-bond donors (Lipinski definition) is 2. The lowest BCUT2D eigenvalue weighted by atomic mass is 10.00. The fourth-order valence-electron chi connectivity index (χ4n) is 2.81. The lowest BCUT2D eigenvalue weighted by Crippen LogP contribution is -2.05. The van der Waals surface area contributed by atoms with Crippen LogP contribution in [0.4, 0.5) is 11.5 Å². The highest BCUT2D eigenvalue weighted by Gasteiger charge is 2.10. The SMILES string of the molecule is C=C(C#N)CNc1c(OC)ccc2ccc(-c3ccnc(NC)c3)cc12. The molecule has 0 spiro atoms. The van der Waals surface area contributed by atoms with E-state index in [9.17, 15) is 0 Å². The van der Waals surface area contributed by atoms with Crippen LogP contribution in [0.15, 0.2) is 60.8 Å². The summed E-state index contributed by atoms with van der Waals surface area (Å²) >= 11 is 0. The van der Waals surface area contributed by atoms with Crippen molar-refractivity contribution in [3.05, 3.63) is 60.8 Å². The number of pyridine rings is 1. The van der Waals surface area contributed by atoms with Gasteiger partial charge in [-0.15, -0.1) is 0 Å². The molecule has 5 nitrogen and oxygen atoms in total. The third-order valence-electron chi connectivity index (χ3n) is 4.19. The molecule has 26 heavy (non-hydrogen) atoms. The van der Waals surface area contributed by atoms with E-state index in [0.29, 0.717) is 12.1 Å². The summed E-state index contributed by atoms with van der Waals surface area (Å²) in [6.45, 7) is 4.10. The molecule has 0 aliphatic carbocycles. The first-order valence-electron chi connectivity index (χ1n) is 8.23. The van der Waals surface area contributed by atoms with Gasteiger partial charge in [-0.2, -0.15) is 5.26 Å². The first kappa shape index (κ1) is 17.3. The standard InChI is InChI=1S/C21H20N4O/c1-14(12-22)13-25-21-18-10-16(17-8-9-24-20(11-17)23-2)5-4-15(18)6-7-19(21)26-3/h4-11,25H,1,13H2,2-3H3,(H,23,24). The Morgan fingerprint density at radius 1 is 1.19 bits per heavy atom. The van der Waals surface area contributed by atoms with Crippen molar-refractivity contribution in [1.82, 2.24) is 4.98 Å². The molecular formula is C21H20N4O. The minimum Gasteiger partial charge on any atom is -0.495 e. The second-order valence-electron chi connectivity index (χ2n) is 5.83. The van der Waals surface area contributed by atoms with Crippen LogP contribution < -0.4 is 15.4 Å². The molecule has 1 heterocycles. The van der Waals surface area contributed by atoms with Crippen LogP contribution in [0.3, 0.4) is 0 Å². The van der Waals surface area contributed by atoms with Crippen LogP contribution >= 0.6 is 0 Å². The Balaban J connectivity index is 2.11. The zero-order chi connectivity index (χ0) is 18.5. The first-order chi connectivity index (χ1) is 12.7. The molecule has 0 fully saturated rings. The summed E-state index contributed by atoms with van der Waals surface area (Å²) in [4.78, 5) is 4.27. The van der Waals surface area contributed by atoms with Crippen LogP contribution in [0, 0.1) is 11.3 Å². The number of methoxy groups -OCH3 is 1. The van der Waals surface area contributed by atoms with Crippen molar-refractivity contribution in [3.63, 3.8) is 0 Å². The highest BCUT2D eigenvalue weighted by atomic mass is 16.5. The van der Waals surface area contributed by atoms with Gasteiger partial charge in [-0.25, -0.2) is 4.98 Å². The molecule has 0 saturated heterocycles. The van der Waals surface area contributed by atoms with Crippen LogP contribution in [-0.2, 0) is 0 Å². The van der Waals surface area contributed by atoms with Gasteiger partial charge in [0, 0.05) is 30.7 Å². The average molecular weight is 344 g/mol. The Bertz CT molecular complexity index is 1000. The smallest absolute Gasteiger partial charge is 0.142 e. The van der Waals surface area contributed by atoms with Gasteiger partial charge in [0.2, 0.25) is 0 Å². The maximum Gasteiger partial charge on any atom is 0.142 e. The maximum atomic E-state index is 8.96. The summed E-state index contributed by atoms with van der Waals surface area (Å²) in [5, 5.41) is 17.4. The van der Waals surface area contributed by atoms with Crippen molar-refractivity contribution in [2.75, 3.05) is 31.3 Å². The van der Waals surface area contributed by atoms with E-state index >= 15 is 0 Å². The lowest BCUT2D eigenvalue weighted by Gasteiger charge is -2.15. The Hall–Kier alpha value is -3.52. The molecule has 2 N–H and O–H groups in total. The zero-order valence-corrected chi connectivity index (χ0v) is 14.8. The van der Waals surface area contributed by atoms with Gasteiger partial charge in [0.1, 0.15) is 11.6 Å². The summed E-state index contributed by atoms with van der Waals surface area (Å²) in [5.74, 6) is 1.54. The van der Waals surface area contributed by atoms with Crippen molar-refractivity contribution in [3.8, 4) is 22.9 Å². The molecule has 5 heteroatoms. The van der Waals surface area contributed by atoms with Crippen molar-refractivity contribution in [2.45, 2.75) is 0 Å². The summed E-state index contributed by atoms with van der Waals surface area (Å²) < 4.78 is 5.51. The number of nitriles is 1. The predicted molar refractivity (Wildman–Crippen MR) is 107 cm³/mol. The van der Waals surface area contributed by atoms with Gasteiger partial charge in [0.25, 0.3) is 0 Å². The fraction of sp³-hybridized carbons (Fsp3) is 0.143. The topological polar surface area (TPSA) is 70.0 Å². The van der Waals surface area contributed by atoms with E-state index in [1.807, 2.05) is 31.3 Å². The third-order valence-corrected chi connectivity index (χ3v) is 4.19. The highest BCUT2D eigenvalue weighted by Crippen LogP contribution is 2.36. The van der Waals surface area contributed by atoms with E-state index in [1.54, 1.807) is 13.3 Å². The van der Waals surface area contributed by atoms with Gasteiger partial charge in [-0.1, -0.05) is 24.8 Å². The number of nitrogens with one attached hydrogen (secondary N) is 2. The number of benzene rings is 2. The van der Waals surface area contributed by atoms with E-state index in [1.165, 1.54) is 0 Å². The van der Waals surface area contributed by atoms with Crippen molar-refractivity contribution < 1.29 is 4.74 Å². The third kappa shape index (κ3) is 3.45. The van der Waals surface area contributed by atoms with E-state index in [-0.39, 0.29) is 0 Å². The summed E-state index contributed by atoms with van der Waals surface area (Å²) in [5.41, 5.74) is 3.47. The minimum atomic E-state index is 0.370. The quantitative estimate of drug-likeness (QED) is 0.647. The summed E-state index contributed by atoms with van der Waals surface area (Å²) in [7, 11) is 3.48. The van der Waals surface area contributed by atoms with Crippen molar-refractivity contribution >= 4 is 22.3 Å². The van der Waals surface area contributed by atoms with Crippen LogP contribution in [0.25, 0.3) is 21.9 Å². The Kier molecular flexibility index (Phi) is 5.04. The average Bonchev–Trinajstić information content (AvgIpc) is 2.71. The Morgan fingerprint density at radius 3 is 2.69 bits per heavy atom. The predicted octanol–water partition coefficient (Wildman–Crippen LogP) is 4.44. The van der Waals surface area contributed by atoms with Gasteiger partial charge < -0.3 is 15.4 Å². The first-order valence-corrected chi connectivity index (χ1v) is 8.23. The molecule has 0 radical (unpaired) electrons. The zero-order valence-electron chi connectivity index (χ0n) is 14.8. The second-order valence-corrected chi connectivity index (χ2v) is 5.83. The summed E-state index contributed by atoms with van der Waals surface area (Å²) in [6, 6.07) is 16.3. The minimum absolute atomic E-state index is 0.370. The molecule has 3 rings (SSSR count). The van der Waals surface area contributed by atoms with Gasteiger partial charge in [0.05, 0.1) is 18.9 Å². The normalized spacial score (nSPS) is 10.2. The fourth-order valence-corrected chi connectivity index (χ4v) is 2.81. The van der Waals surface area contributed by atoms with Crippen LogP contribution in [-0.4, -0.2) is 25.7 Å². The molecule has 130 valence electrons. The molecule has 0 bridgehead atoms. The molecule has 3 aromatic rings. The number of nitrogens with zero attached hydrogens (tertiary/aromatic N) is 2. The number of hydrogen-bond acceptors (Lipinski definition) is 5. The molecule has 1 aromatic heterocycles. The molecule has 0 saturated carbocycles. The largest absolute Gasteiger partial charge is 0.495 e. The molecule has 0 atom stereocenters.